The number of amides is 1. The van der Waals surface area contributed by atoms with Crippen LogP contribution in [0.4, 0.5) is 0 Å². The lowest BCUT2D eigenvalue weighted by molar-refractivity contribution is -0.133. The van der Waals surface area contributed by atoms with Crippen LogP contribution in [0.1, 0.15) is 25.0 Å². The number of nitrogens with zero attached hydrogens (tertiary/aromatic N) is 3. The van der Waals surface area contributed by atoms with Crippen molar-refractivity contribution in [1.29, 1.82) is 0 Å². The largest absolute Gasteiger partial charge is 0.340 e. The Morgan fingerprint density at radius 3 is 2.65 bits per heavy atom. The van der Waals surface area contributed by atoms with Gasteiger partial charge in [0.05, 0.1) is 0 Å². The molecule has 0 saturated carbocycles. The number of nitrogens with one attached hydrogen (secondary N) is 1. The van der Waals surface area contributed by atoms with Crippen LogP contribution in [0.2, 0.25) is 0 Å². The topological polar surface area (TPSA) is 48.5 Å². The van der Waals surface area contributed by atoms with Gasteiger partial charge in [0, 0.05) is 51.0 Å². The summed E-state index contributed by atoms with van der Waals surface area (Å²) >= 11 is 0. The van der Waals surface area contributed by atoms with E-state index in [2.05, 4.69) is 15.2 Å². The maximum Gasteiger partial charge on any atom is 0.223 e. The molecule has 0 unspecified atom stereocenters. The van der Waals surface area contributed by atoms with Crippen LogP contribution in [-0.4, -0.2) is 66.5 Å². The molecule has 2 aliphatic heterocycles. The average molecular weight is 316 g/mol. The van der Waals surface area contributed by atoms with Crippen LogP contribution in [0, 0.1) is 5.92 Å². The molecule has 0 atom stereocenters. The molecule has 5 heteroatoms. The number of aromatic nitrogens is 1. The van der Waals surface area contributed by atoms with Crippen LogP contribution in [0.5, 0.6) is 0 Å². The lowest BCUT2D eigenvalue weighted by Gasteiger charge is -2.37. The highest BCUT2D eigenvalue weighted by atomic mass is 16.2. The molecule has 3 heterocycles. The van der Waals surface area contributed by atoms with Gasteiger partial charge in [-0.15, -0.1) is 0 Å². The first-order valence-electron chi connectivity index (χ1n) is 8.92. The standard InChI is InChI=1S/C18H28N4O/c23-18(5-4-17-3-1-2-8-20-17)22-13-11-21(12-14-22)15-16-6-9-19-10-7-16/h1-3,8,16,19H,4-7,9-15H2. The lowest BCUT2D eigenvalue weighted by Crippen LogP contribution is -2.50. The van der Waals surface area contributed by atoms with Crippen LogP contribution >= 0.6 is 0 Å². The molecule has 0 aromatic carbocycles. The fraction of sp³-hybridized carbons (Fsp3) is 0.667. The Morgan fingerprint density at radius 2 is 1.96 bits per heavy atom. The summed E-state index contributed by atoms with van der Waals surface area (Å²) in [7, 11) is 0. The van der Waals surface area contributed by atoms with Crippen LogP contribution in [-0.2, 0) is 11.2 Å². The molecule has 2 saturated heterocycles. The van der Waals surface area contributed by atoms with Crippen molar-refractivity contribution in [2.24, 2.45) is 5.92 Å². The van der Waals surface area contributed by atoms with Crippen molar-refractivity contribution in [2.75, 3.05) is 45.8 Å². The van der Waals surface area contributed by atoms with E-state index in [9.17, 15) is 4.79 Å². The average Bonchev–Trinajstić information content (AvgIpc) is 2.62. The third-order valence-corrected chi connectivity index (χ3v) is 5.02. The minimum atomic E-state index is 0.275. The quantitative estimate of drug-likeness (QED) is 0.885. The van der Waals surface area contributed by atoms with E-state index in [0.29, 0.717) is 6.42 Å². The lowest BCUT2D eigenvalue weighted by atomic mass is 9.97. The summed E-state index contributed by atoms with van der Waals surface area (Å²) in [6.07, 6.45) is 5.70. The number of piperazine rings is 1. The molecular weight excluding hydrogens is 288 g/mol. The van der Waals surface area contributed by atoms with Crippen molar-refractivity contribution in [3.63, 3.8) is 0 Å². The van der Waals surface area contributed by atoms with E-state index in [0.717, 1.165) is 57.3 Å². The molecule has 2 fully saturated rings. The molecule has 1 amide bonds. The third-order valence-electron chi connectivity index (χ3n) is 5.02. The minimum Gasteiger partial charge on any atom is -0.340 e. The van der Waals surface area contributed by atoms with Crippen LogP contribution in [0.15, 0.2) is 24.4 Å². The molecule has 0 radical (unpaired) electrons. The van der Waals surface area contributed by atoms with E-state index in [-0.39, 0.29) is 5.91 Å². The summed E-state index contributed by atoms with van der Waals surface area (Å²) in [5.41, 5.74) is 1.00. The van der Waals surface area contributed by atoms with Crippen molar-refractivity contribution in [3.8, 4) is 0 Å². The number of pyridine rings is 1. The van der Waals surface area contributed by atoms with Gasteiger partial charge in [0.15, 0.2) is 0 Å². The Kier molecular flexibility index (Phi) is 6.00. The molecule has 126 valence electrons. The minimum absolute atomic E-state index is 0.275. The van der Waals surface area contributed by atoms with Gasteiger partial charge in [-0.05, 0) is 50.4 Å². The van der Waals surface area contributed by atoms with Gasteiger partial charge in [-0.3, -0.25) is 14.7 Å². The molecule has 3 rings (SSSR count). The van der Waals surface area contributed by atoms with Crippen LogP contribution in [0.3, 0.4) is 0 Å². The second-order valence-corrected chi connectivity index (χ2v) is 6.70. The van der Waals surface area contributed by atoms with E-state index in [1.807, 2.05) is 23.1 Å². The van der Waals surface area contributed by atoms with Gasteiger partial charge in [0.1, 0.15) is 0 Å². The number of rotatable bonds is 5. The van der Waals surface area contributed by atoms with Crippen molar-refractivity contribution >= 4 is 5.91 Å². The van der Waals surface area contributed by atoms with E-state index >= 15 is 0 Å². The van der Waals surface area contributed by atoms with Gasteiger partial charge in [0.25, 0.3) is 0 Å². The highest BCUT2D eigenvalue weighted by Crippen LogP contribution is 2.15. The SMILES string of the molecule is O=C(CCc1ccccn1)N1CCN(CC2CCNCC2)CC1. The van der Waals surface area contributed by atoms with Gasteiger partial charge in [-0.1, -0.05) is 6.07 Å². The summed E-state index contributed by atoms with van der Waals surface area (Å²) in [4.78, 5) is 21.2. The van der Waals surface area contributed by atoms with E-state index in [4.69, 9.17) is 0 Å². The monoisotopic (exact) mass is 316 g/mol. The third kappa shape index (κ3) is 5.01. The molecule has 1 aromatic rings. The molecule has 23 heavy (non-hydrogen) atoms. The number of aryl methyl sites for hydroxylation is 1. The number of carbonyl (C=O) groups excluding carboxylic acids is 1. The first kappa shape index (κ1) is 16.4. The molecule has 1 aromatic heterocycles. The van der Waals surface area contributed by atoms with Crippen LogP contribution < -0.4 is 5.32 Å². The molecule has 2 aliphatic rings. The second-order valence-electron chi connectivity index (χ2n) is 6.70. The zero-order valence-corrected chi connectivity index (χ0v) is 13.9. The number of hydrogen-bond donors (Lipinski definition) is 1. The highest BCUT2D eigenvalue weighted by Gasteiger charge is 2.23. The van der Waals surface area contributed by atoms with Crippen LogP contribution in [0.25, 0.3) is 0 Å². The van der Waals surface area contributed by atoms with Gasteiger partial charge in [-0.2, -0.15) is 0 Å². The fourth-order valence-corrected chi connectivity index (χ4v) is 3.55. The normalized spacial score (nSPS) is 20.6. The van der Waals surface area contributed by atoms with E-state index in [1.54, 1.807) is 6.20 Å². The Balaban J connectivity index is 1.37. The van der Waals surface area contributed by atoms with Crippen molar-refractivity contribution < 1.29 is 4.79 Å². The van der Waals surface area contributed by atoms with Crippen molar-refractivity contribution in [2.45, 2.75) is 25.7 Å². The van der Waals surface area contributed by atoms with Gasteiger partial charge < -0.3 is 10.2 Å². The molecule has 0 spiro atoms. The maximum atomic E-state index is 12.3. The number of piperidine rings is 1. The Morgan fingerprint density at radius 1 is 1.17 bits per heavy atom. The first-order chi connectivity index (χ1) is 11.3. The van der Waals surface area contributed by atoms with E-state index < -0.39 is 0 Å². The fourth-order valence-electron chi connectivity index (χ4n) is 3.55. The molecular formula is C18H28N4O. The van der Waals surface area contributed by atoms with Gasteiger partial charge in [0.2, 0.25) is 5.91 Å². The van der Waals surface area contributed by atoms with Crippen molar-refractivity contribution in [3.05, 3.63) is 30.1 Å². The number of carbonyl (C=O) groups is 1. The second kappa shape index (κ2) is 8.41. The van der Waals surface area contributed by atoms with Gasteiger partial charge in [-0.25, -0.2) is 0 Å². The van der Waals surface area contributed by atoms with E-state index in [1.165, 1.54) is 19.4 Å². The summed E-state index contributed by atoms with van der Waals surface area (Å²) in [6.45, 7) is 7.35. The Bertz CT molecular complexity index is 479. The summed E-state index contributed by atoms with van der Waals surface area (Å²) in [5, 5.41) is 3.42. The Hall–Kier alpha value is -1.46. The summed E-state index contributed by atoms with van der Waals surface area (Å²) < 4.78 is 0. The predicted molar refractivity (Wildman–Crippen MR) is 91.2 cm³/mol. The maximum absolute atomic E-state index is 12.3. The molecule has 5 nitrogen and oxygen atoms in total. The Labute approximate surface area is 139 Å². The van der Waals surface area contributed by atoms with Crippen molar-refractivity contribution in [1.82, 2.24) is 20.1 Å². The predicted octanol–water partition coefficient (Wildman–Crippen LogP) is 1.16. The zero-order valence-electron chi connectivity index (χ0n) is 13.9. The highest BCUT2D eigenvalue weighted by molar-refractivity contribution is 5.76. The smallest absolute Gasteiger partial charge is 0.223 e. The summed E-state index contributed by atoms with van der Waals surface area (Å²) in [6, 6.07) is 5.88. The number of hydrogen-bond acceptors (Lipinski definition) is 4. The molecule has 0 aliphatic carbocycles. The molecule has 1 N–H and O–H groups in total. The zero-order chi connectivity index (χ0) is 15.9. The first-order valence-corrected chi connectivity index (χ1v) is 8.92. The van der Waals surface area contributed by atoms with Gasteiger partial charge >= 0.3 is 0 Å². The summed E-state index contributed by atoms with van der Waals surface area (Å²) in [5.74, 6) is 1.11. The molecule has 0 bridgehead atoms.